The predicted octanol–water partition coefficient (Wildman–Crippen LogP) is 3.20. The number of hydrogen-bond donors (Lipinski definition) is 0. The van der Waals surface area contributed by atoms with Crippen molar-refractivity contribution in [3.8, 4) is 5.75 Å². The topological polar surface area (TPSA) is 66.9 Å². The lowest BCUT2D eigenvalue weighted by molar-refractivity contribution is -0.139. The molecule has 3 rings (SSSR count). The first-order chi connectivity index (χ1) is 13.7. The number of ether oxygens (including phenoxy) is 1. The van der Waals surface area contributed by atoms with Crippen molar-refractivity contribution >= 4 is 31.9 Å². The van der Waals surface area contributed by atoms with Gasteiger partial charge in [0, 0.05) is 26.2 Å². The number of carbonyl (C=O) groups is 1. The van der Waals surface area contributed by atoms with Crippen molar-refractivity contribution in [1.82, 2.24) is 9.21 Å². The Hall–Kier alpha value is -1.97. The highest BCUT2D eigenvalue weighted by Crippen LogP contribution is 2.27. The predicted molar refractivity (Wildman–Crippen MR) is 111 cm³/mol. The summed E-state index contributed by atoms with van der Waals surface area (Å²) in [5.74, 6) is -0.436. The molecule has 1 atom stereocenters. The zero-order valence-electron chi connectivity index (χ0n) is 16.1. The SMILES string of the molecule is Cc1ccc(OC(C)C(=O)N2CCN(S(=O)(=O)c3ccccc3F)CC2)c(Br)c1. The molecule has 1 fully saturated rings. The molecular formula is C20H22BrFN2O4S. The van der Waals surface area contributed by atoms with E-state index in [9.17, 15) is 17.6 Å². The summed E-state index contributed by atoms with van der Waals surface area (Å²) in [5, 5.41) is 0. The molecule has 0 aliphatic carbocycles. The van der Waals surface area contributed by atoms with Gasteiger partial charge in [-0.05, 0) is 59.6 Å². The first kappa shape index (κ1) is 21.7. The number of halogens is 2. The largest absolute Gasteiger partial charge is 0.480 e. The summed E-state index contributed by atoms with van der Waals surface area (Å²) < 4.78 is 47.0. The van der Waals surface area contributed by atoms with Crippen LogP contribution in [0.5, 0.6) is 5.75 Å². The summed E-state index contributed by atoms with van der Waals surface area (Å²) in [4.78, 5) is 13.9. The van der Waals surface area contributed by atoms with Crippen molar-refractivity contribution in [3.05, 3.63) is 58.3 Å². The van der Waals surface area contributed by atoms with E-state index in [1.807, 2.05) is 19.1 Å². The fourth-order valence-corrected chi connectivity index (χ4v) is 5.22. The number of hydrogen-bond acceptors (Lipinski definition) is 4. The zero-order chi connectivity index (χ0) is 21.2. The van der Waals surface area contributed by atoms with Crippen LogP contribution in [0, 0.1) is 12.7 Å². The molecule has 0 N–H and O–H groups in total. The van der Waals surface area contributed by atoms with Crippen LogP contribution < -0.4 is 4.74 Å². The number of carbonyl (C=O) groups excluding carboxylic acids is 1. The van der Waals surface area contributed by atoms with Gasteiger partial charge in [0.2, 0.25) is 10.0 Å². The summed E-state index contributed by atoms with van der Waals surface area (Å²) in [6, 6.07) is 10.9. The normalized spacial score (nSPS) is 16.5. The quantitative estimate of drug-likeness (QED) is 0.653. The molecule has 1 amide bonds. The van der Waals surface area contributed by atoms with E-state index in [-0.39, 0.29) is 37.0 Å². The lowest BCUT2D eigenvalue weighted by atomic mass is 10.2. The van der Waals surface area contributed by atoms with Gasteiger partial charge in [-0.3, -0.25) is 4.79 Å². The van der Waals surface area contributed by atoms with E-state index >= 15 is 0 Å². The number of benzene rings is 2. The Morgan fingerprint density at radius 2 is 1.79 bits per heavy atom. The number of piperazine rings is 1. The maximum absolute atomic E-state index is 13.9. The van der Waals surface area contributed by atoms with E-state index in [4.69, 9.17) is 4.74 Å². The first-order valence-electron chi connectivity index (χ1n) is 9.16. The molecule has 0 radical (unpaired) electrons. The van der Waals surface area contributed by atoms with Gasteiger partial charge in [-0.1, -0.05) is 18.2 Å². The highest BCUT2D eigenvalue weighted by atomic mass is 79.9. The zero-order valence-corrected chi connectivity index (χ0v) is 18.5. The summed E-state index contributed by atoms with van der Waals surface area (Å²) in [6.07, 6.45) is -0.719. The number of sulfonamides is 1. The van der Waals surface area contributed by atoms with Crippen LogP contribution in [0.15, 0.2) is 51.8 Å². The second kappa shape index (κ2) is 8.81. The van der Waals surface area contributed by atoms with Gasteiger partial charge in [0.15, 0.2) is 6.10 Å². The molecule has 9 heteroatoms. The Kier molecular flexibility index (Phi) is 6.60. The summed E-state index contributed by atoms with van der Waals surface area (Å²) in [5.41, 5.74) is 1.07. The Morgan fingerprint density at radius 1 is 1.14 bits per heavy atom. The van der Waals surface area contributed by atoms with Crippen LogP contribution >= 0.6 is 15.9 Å². The highest BCUT2D eigenvalue weighted by Gasteiger charge is 2.33. The highest BCUT2D eigenvalue weighted by molar-refractivity contribution is 9.10. The van der Waals surface area contributed by atoms with Gasteiger partial charge >= 0.3 is 0 Å². The monoisotopic (exact) mass is 484 g/mol. The standard InChI is InChI=1S/C20H22BrFN2O4S/c1-14-7-8-18(16(21)13-14)28-15(2)20(25)23-9-11-24(12-10-23)29(26,27)19-6-4-3-5-17(19)22/h3-8,13,15H,9-12H2,1-2H3. The number of amides is 1. The molecule has 1 aliphatic heterocycles. The summed E-state index contributed by atoms with van der Waals surface area (Å²) >= 11 is 3.42. The average Bonchev–Trinajstić information content (AvgIpc) is 2.69. The van der Waals surface area contributed by atoms with Crippen molar-refractivity contribution in [2.45, 2.75) is 24.8 Å². The van der Waals surface area contributed by atoms with E-state index in [1.165, 1.54) is 22.5 Å². The van der Waals surface area contributed by atoms with Crippen LogP contribution in [0.3, 0.4) is 0 Å². The minimum atomic E-state index is -3.94. The maximum Gasteiger partial charge on any atom is 0.263 e. The van der Waals surface area contributed by atoms with E-state index in [0.717, 1.165) is 16.1 Å². The molecule has 1 unspecified atom stereocenters. The van der Waals surface area contributed by atoms with E-state index in [1.54, 1.807) is 17.9 Å². The van der Waals surface area contributed by atoms with Crippen LogP contribution in [0.2, 0.25) is 0 Å². The molecule has 1 saturated heterocycles. The van der Waals surface area contributed by atoms with Crippen molar-refractivity contribution < 1.29 is 22.3 Å². The van der Waals surface area contributed by atoms with E-state index in [2.05, 4.69) is 15.9 Å². The second-order valence-electron chi connectivity index (χ2n) is 6.85. The number of aryl methyl sites for hydroxylation is 1. The van der Waals surface area contributed by atoms with Gasteiger partial charge in [0.25, 0.3) is 5.91 Å². The first-order valence-corrected chi connectivity index (χ1v) is 11.4. The van der Waals surface area contributed by atoms with Crippen LogP contribution in [0.25, 0.3) is 0 Å². The minimum Gasteiger partial charge on any atom is -0.480 e. The Labute approximate surface area is 178 Å². The molecule has 2 aromatic carbocycles. The molecular weight excluding hydrogens is 463 g/mol. The molecule has 0 saturated carbocycles. The molecule has 29 heavy (non-hydrogen) atoms. The van der Waals surface area contributed by atoms with E-state index in [0.29, 0.717) is 5.75 Å². The summed E-state index contributed by atoms with van der Waals surface area (Å²) in [7, 11) is -3.94. The van der Waals surface area contributed by atoms with Gasteiger partial charge in [-0.25, -0.2) is 12.8 Å². The molecule has 6 nitrogen and oxygen atoms in total. The molecule has 0 spiro atoms. The molecule has 156 valence electrons. The van der Waals surface area contributed by atoms with Crippen molar-refractivity contribution in [2.24, 2.45) is 0 Å². The molecule has 1 heterocycles. The van der Waals surface area contributed by atoms with Crippen LogP contribution in [0.1, 0.15) is 12.5 Å². The lowest BCUT2D eigenvalue weighted by Crippen LogP contribution is -2.53. The van der Waals surface area contributed by atoms with Gasteiger partial charge < -0.3 is 9.64 Å². The Morgan fingerprint density at radius 3 is 2.41 bits per heavy atom. The molecule has 1 aliphatic rings. The summed E-state index contributed by atoms with van der Waals surface area (Å²) in [6.45, 7) is 4.26. The van der Waals surface area contributed by atoms with Gasteiger partial charge in [0.05, 0.1) is 4.47 Å². The maximum atomic E-state index is 13.9. The average molecular weight is 485 g/mol. The third-order valence-corrected chi connectivity index (χ3v) is 7.30. The van der Waals surface area contributed by atoms with Gasteiger partial charge in [0.1, 0.15) is 16.5 Å². The smallest absolute Gasteiger partial charge is 0.263 e. The van der Waals surface area contributed by atoms with E-state index < -0.39 is 21.9 Å². The fourth-order valence-electron chi connectivity index (χ4n) is 3.14. The van der Waals surface area contributed by atoms with Crippen LogP contribution in [0.4, 0.5) is 4.39 Å². The number of rotatable bonds is 5. The lowest BCUT2D eigenvalue weighted by Gasteiger charge is -2.35. The van der Waals surface area contributed by atoms with Gasteiger partial charge in [-0.2, -0.15) is 4.31 Å². The third kappa shape index (κ3) is 4.79. The molecule has 0 bridgehead atoms. The molecule has 2 aromatic rings. The Balaban J connectivity index is 1.62. The van der Waals surface area contributed by atoms with Gasteiger partial charge in [-0.15, -0.1) is 0 Å². The van der Waals surface area contributed by atoms with Crippen molar-refractivity contribution in [1.29, 1.82) is 0 Å². The fraction of sp³-hybridized carbons (Fsp3) is 0.350. The third-order valence-electron chi connectivity index (χ3n) is 4.74. The van der Waals surface area contributed by atoms with Crippen LogP contribution in [-0.4, -0.2) is 55.8 Å². The van der Waals surface area contributed by atoms with Crippen molar-refractivity contribution in [3.63, 3.8) is 0 Å². The van der Waals surface area contributed by atoms with Crippen molar-refractivity contribution in [2.75, 3.05) is 26.2 Å². The molecule has 0 aromatic heterocycles. The second-order valence-corrected chi connectivity index (χ2v) is 9.61. The Bertz CT molecular complexity index is 1010. The van der Waals surface area contributed by atoms with Crippen LogP contribution in [-0.2, 0) is 14.8 Å². The minimum absolute atomic E-state index is 0.101. The number of nitrogens with zero attached hydrogens (tertiary/aromatic N) is 2.